The van der Waals surface area contributed by atoms with Crippen LogP contribution in [0.3, 0.4) is 0 Å². The van der Waals surface area contributed by atoms with Crippen LogP contribution >= 0.6 is 0 Å². The molecule has 1 aliphatic rings. The zero-order valence-electron chi connectivity index (χ0n) is 7.70. The summed E-state index contributed by atoms with van der Waals surface area (Å²) in [4.78, 5) is 1.97. The van der Waals surface area contributed by atoms with E-state index < -0.39 is 0 Å². The molecular weight excluding hydrogens is 152 g/mol. The summed E-state index contributed by atoms with van der Waals surface area (Å²) in [5, 5.41) is 18.2. The molecule has 0 spiro atoms. The van der Waals surface area contributed by atoms with E-state index in [2.05, 4.69) is 6.07 Å². The third-order valence-electron chi connectivity index (χ3n) is 2.76. The van der Waals surface area contributed by atoms with E-state index in [1.54, 1.807) is 0 Å². The number of nitrogens with zero attached hydrogens (tertiary/aromatic N) is 2. The molecule has 68 valence electrons. The van der Waals surface area contributed by atoms with Crippen molar-refractivity contribution < 1.29 is 5.11 Å². The first-order chi connectivity index (χ1) is 5.66. The highest BCUT2D eigenvalue weighted by molar-refractivity contribution is 4.93. The average Bonchev–Trinajstić information content (AvgIpc) is 2.48. The summed E-state index contributed by atoms with van der Waals surface area (Å²) in [6.45, 7) is 1.87. The lowest BCUT2D eigenvalue weighted by atomic mass is 10.1. The largest absolute Gasteiger partial charge is 0.391 e. The average molecular weight is 168 g/mol. The molecule has 3 unspecified atom stereocenters. The third kappa shape index (κ3) is 1.77. The highest BCUT2D eigenvalue weighted by Crippen LogP contribution is 2.24. The number of hydrogen-bond acceptors (Lipinski definition) is 3. The van der Waals surface area contributed by atoms with Crippen molar-refractivity contribution in [2.75, 3.05) is 7.05 Å². The van der Waals surface area contributed by atoms with Gasteiger partial charge in [-0.15, -0.1) is 0 Å². The second kappa shape index (κ2) is 3.88. The number of rotatable bonds is 2. The van der Waals surface area contributed by atoms with Crippen molar-refractivity contribution in [1.29, 1.82) is 5.26 Å². The first-order valence-corrected chi connectivity index (χ1v) is 4.46. The summed E-state index contributed by atoms with van der Waals surface area (Å²) < 4.78 is 0. The fraction of sp³-hybridized carbons (Fsp3) is 0.889. The molecule has 1 saturated carbocycles. The molecule has 0 saturated heterocycles. The highest BCUT2D eigenvalue weighted by atomic mass is 16.3. The number of likely N-dealkylation sites (N-methyl/N-ethyl adjacent to an activating group) is 1. The Morgan fingerprint density at radius 2 is 2.25 bits per heavy atom. The molecule has 0 aromatic rings. The van der Waals surface area contributed by atoms with E-state index in [1.807, 2.05) is 18.9 Å². The van der Waals surface area contributed by atoms with Gasteiger partial charge in [0.2, 0.25) is 0 Å². The van der Waals surface area contributed by atoms with Gasteiger partial charge in [0.05, 0.1) is 18.2 Å². The summed E-state index contributed by atoms with van der Waals surface area (Å²) in [7, 11) is 1.91. The van der Waals surface area contributed by atoms with Crippen LogP contribution in [0, 0.1) is 11.3 Å². The molecule has 1 aliphatic carbocycles. The van der Waals surface area contributed by atoms with Gasteiger partial charge in [0.1, 0.15) is 0 Å². The molecule has 1 rings (SSSR count). The predicted molar refractivity (Wildman–Crippen MR) is 46.5 cm³/mol. The number of aliphatic hydroxyl groups is 1. The summed E-state index contributed by atoms with van der Waals surface area (Å²) in [6.07, 6.45) is 2.75. The molecule has 0 radical (unpaired) electrons. The predicted octanol–water partition coefficient (Wildman–Crippen LogP) is 0.744. The number of nitriles is 1. The van der Waals surface area contributed by atoms with Gasteiger partial charge in [-0.25, -0.2) is 0 Å². The smallest absolute Gasteiger partial charge is 0.0950 e. The standard InChI is InChI=1S/C9H16N2O/c1-7(6-10)11(2)8-4-3-5-9(8)12/h7-9,12H,3-5H2,1-2H3. The first kappa shape index (κ1) is 9.50. The van der Waals surface area contributed by atoms with Crippen molar-refractivity contribution in [3.8, 4) is 6.07 Å². The zero-order valence-corrected chi connectivity index (χ0v) is 7.70. The van der Waals surface area contributed by atoms with Crippen LogP contribution in [0.2, 0.25) is 0 Å². The normalized spacial score (nSPS) is 31.9. The highest BCUT2D eigenvalue weighted by Gasteiger charge is 2.30. The van der Waals surface area contributed by atoms with Crippen LogP contribution in [0.5, 0.6) is 0 Å². The molecular formula is C9H16N2O. The Bertz CT molecular complexity index is 187. The van der Waals surface area contributed by atoms with E-state index in [0.717, 1.165) is 19.3 Å². The molecule has 1 N–H and O–H groups in total. The minimum absolute atomic E-state index is 0.0947. The van der Waals surface area contributed by atoms with Gasteiger partial charge in [-0.05, 0) is 33.2 Å². The van der Waals surface area contributed by atoms with Gasteiger partial charge in [-0.2, -0.15) is 5.26 Å². The summed E-state index contributed by atoms with van der Waals surface area (Å²) in [6, 6.07) is 2.28. The van der Waals surface area contributed by atoms with E-state index in [9.17, 15) is 5.11 Å². The van der Waals surface area contributed by atoms with Crippen molar-refractivity contribution in [3.63, 3.8) is 0 Å². The second-order valence-electron chi connectivity index (χ2n) is 3.54. The van der Waals surface area contributed by atoms with Crippen LogP contribution < -0.4 is 0 Å². The molecule has 0 amide bonds. The maximum absolute atomic E-state index is 9.55. The SMILES string of the molecule is CC(C#N)N(C)C1CCCC1O. The maximum Gasteiger partial charge on any atom is 0.0950 e. The minimum Gasteiger partial charge on any atom is -0.391 e. The monoisotopic (exact) mass is 168 g/mol. The Kier molecular flexibility index (Phi) is 3.07. The van der Waals surface area contributed by atoms with Crippen molar-refractivity contribution in [3.05, 3.63) is 0 Å². The van der Waals surface area contributed by atoms with Crippen LogP contribution in [0.15, 0.2) is 0 Å². The fourth-order valence-corrected chi connectivity index (χ4v) is 1.77. The Morgan fingerprint density at radius 1 is 1.58 bits per heavy atom. The van der Waals surface area contributed by atoms with Gasteiger partial charge in [-0.3, -0.25) is 4.90 Å². The molecule has 12 heavy (non-hydrogen) atoms. The maximum atomic E-state index is 9.55. The molecule has 0 aromatic carbocycles. The summed E-state index contributed by atoms with van der Waals surface area (Å²) in [5.74, 6) is 0. The lowest BCUT2D eigenvalue weighted by molar-refractivity contribution is 0.0773. The van der Waals surface area contributed by atoms with Crippen LogP contribution in [-0.4, -0.2) is 35.2 Å². The lowest BCUT2D eigenvalue weighted by Crippen LogP contribution is -2.42. The number of aliphatic hydroxyl groups excluding tert-OH is 1. The summed E-state index contributed by atoms with van der Waals surface area (Å²) in [5.41, 5.74) is 0. The molecule has 0 heterocycles. The van der Waals surface area contributed by atoms with Gasteiger partial charge in [0.25, 0.3) is 0 Å². The van der Waals surface area contributed by atoms with Crippen molar-refractivity contribution in [1.82, 2.24) is 4.90 Å². The minimum atomic E-state index is -0.231. The van der Waals surface area contributed by atoms with Gasteiger partial charge in [0.15, 0.2) is 0 Å². The molecule has 0 aromatic heterocycles. The van der Waals surface area contributed by atoms with Gasteiger partial charge in [-0.1, -0.05) is 0 Å². The molecule has 0 aliphatic heterocycles. The Labute approximate surface area is 73.6 Å². The quantitative estimate of drug-likeness (QED) is 0.661. The Morgan fingerprint density at radius 3 is 2.67 bits per heavy atom. The van der Waals surface area contributed by atoms with Crippen LogP contribution in [0.4, 0.5) is 0 Å². The van der Waals surface area contributed by atoms with Gasteiger partial charge >= 0.3 is 0 Å². The first-order valence-electron chi connectivity index (χ1n) is 4.46. The zero-order chi connectivity index (χ0) is 9.14. The fourth-order valence-electron chi connectivity index (χ4n) is 1.77. The lowest BCUT2D eigenvalue weighted by Gasteiger charge is -2.28. The van der Waals surface area contributed by atoms with E-state index >= 15 is 0 Å². The molecule has 1 fully saturated rings. The van der Waals surface area contributed by atoms with E-state index in [1.165, 1.54) is 0 Å². The van der Waals surface area contributed by atoms with Crippen molar-refractivity contribution in [2.45, 2.75) is 44.4 Å². The van der Waals surface area contributed by atoms with Crippen LogP contribution in [0.25, 0.3) is 0 Å². The molecule has 0 bridgehead atoms. The van der Waals surface area contributed by atoms with E-state index in [-0.39, 0.29) is 18.2 Å². The van der Waals surface area contributed by atoms with E-state index in [4.69, 9.17) is 5.26 Å². The molecule has 3 nitrogen and oxygen atoms in total. The third-order valence-corrected chi connectivity index (χ3v) is 2.76. The molecule has 3 atom stereocenters. The Hall–Kier alpha value is -0.590. The molecule has 3 heteroatoms. The Balaban J connectivity index is 2.52. The van der Waals surface area contributed by atoms with Gasteiger partial charge in [0, 0.05) is 6.04 Å². The van der Waals surface area contributed by atoms with Crippen LogP contribution in [0.1, 0.15) is 26.2 Å². The topological polar surface area (TPSA) is 47.3 Å². The van der Waals surface area contributed by atoms with Crippen molar-refractivity contribution in [2.24, 2.45) is 0 Å². The van der Waals surface area contributed by atoms with E-state index in [0.29, 0.717) is 0 Å². The van der Waals surface area contributed by atoms with Gasteiger partial charge < -0.3 is 5.11 Å². The van der Waals surface area contributed by atoms with Crippen molar-refractivity contribution >= 4 is 0 Å². The van der Waals surface area contributed by atoms with Crippen LogP contribution in [-0.2, 0) is 0 Å². The summed E-state index contributed by atoms with van der Waals surface area (Å²) >= 11 is 0. The second-order valence-corrected chi connectivity index (χ2v) is 3.54. The number of hydrogen-bond donors (Lipinski definition) is 1.